The van der Waals surface area contributed by atoms with E-state index in [1.165, 1.54) is 17.5 Å². The van der Waals surface area contributed by atoms with Crippen LogP contribution in [0.25, 0.3) is 0 Å². The fourth-order valence-corrected chi connectivity index (χ4v) is 2.93. The van der Waals surface area contributed by atoms with Crippen LogP contribution < -0.4 is 10.0 Å². The normalized spacial score (nSPS) is 10.5. The molecule has 0 aliphatic heterocycles. The number of amides is 1. The van der Waals surface area contributed by atoms with Crippen LogP contribution in [0.4, 0.5) is 5.69 Å². The topological polar surface area (TPSA) is 59.0 Å². The lowest BCUT2D eigenvalue weighted by molar-refractivity contribution is 0.0951. The van der Waals surface area contributed by atoms with Crippen molar-refractivity contribution in [3.8, 4) is 0 Å². The molecule has 1 amide bonds. The molecule has 1 heterocycles. The second-order valence-electron chi connectivity index (χ2n) is 5.80. The predicted molar refractivity (Wildman–Crippen MR) is 101 cm³/mol. The Balaban J connectivity index is 1.58. The molecule has 0 fully saturated rings. The fourth-order valence-electron chi connectivity index (χ4n) is 2.30. The van der Waals surface area contributed by atoms with Gasteiger partial charge in [0, 0.05) is 41.5 Å². The van der Waals surface area contributed by atoms with Crippen molar-refractivity contribution < 1.29 is 4.79 Å². The van der Waals surface area contributed by atoms with E-state index >= 15 is 0 Å². The van der Waals surface area contributed by atoms with E-state index in [1.54, 1.807) is 16.9 Å². The molecule has 0 saturated heterocycles. The Bertz CT molecular complexity index is 858. The minimum absolute atomic E-state index is 0.104. The Hall–Kier alpha value is -2.73. The Kier molecular flexibility index (Phi) is 5.40. The second kappa shape index (κ2) is 7.90. The van der Waals surface area contributed by atoms with E-state index in [2.05, 4.69) is 46.3 Å². The maximum absolute atomic E-state index is 12.3. The largest absolute Gasteiger partial charge is 0.348 e. The van der Waals surface area contributed by atoms with E-state index in [9.17, 15) is 4.79 Å². The van der Waals surface area contributed by atoms with Crippen molar-refractivity contribution in [1.82, 2.24) is 15.1 Å². The van der Waals surface area contributed by atoms with Crippen LogP contribution in [0.2, 0.25) is 0 Å². The van der Waals surface area contributed by atoms with Crippen molar-refractivity contribution in [2.75, 3.05) is 4.72 Å². The highest BCUT2D eigenvalue weighted by Crippen LogP contribution is 2.22. The summed E-state index contributed by atoms with van der Waals surface area (Å²) in [6.45, 7) is 2.53. The number of anilines is 1. The maximum atomic E-state index is 12.3. The third-order valence-corrected chi connectivity index (χ3v) is 4.49. The molecule has 1 aromatic heterocycles. The van der Waals surface area contributed by atoms with Crippen LogP contribution in [0.1, 0.15) is 21.5 Å². The molecule has 6 heteroatoms. The standard InChI is InChI=1S/C19H20N4OS/c1-14-6-8-18(9-7-14)25-22-17-5-3-4-16(10-17)19(24)20-11-15-12-21-23(2)13-15/h3-10,12-13,22H,11H2,1-2H3,(H,20,24). The van der Waals surface area contributed by atoms with Gasteiger partial charge in [-0.25, -0.2) is 0 Å². The van der Waals surface area contributed by atoms with Gasteiger partial charge in [0.15, 0.2) is 0 Å². The van der Waals surface area contributed by atoms with E-state index in [-0.39, 0.29) is 5.91 Å². The summed E-state index contributed by atoms with van der Waals surface area (Å²) in [6.07, 6.45) is 3.63. The molecule has 2 aromatic carbocycles. The van der Waals surface area contributed by atoms with Crippen molar-refractivity contribution in [1.29, 1.82) is 0 Å². The van der Waals surface area contributed by atoms with E-state index in [0.717, 1.165) is 16.1 Å². The van der Waals surface area contributed by atoms with Crippen LogP contribution in [-0.4, -0.2) is 15.7 Å². The molecular weight excluding hydrogens is 332 g/mol. The highest BCUT2D eigenvalue weighted by molar-refractivity contribution is 8.00. The molecule has 0 spiro atoms. The van der Waals surface area contributed by atoms with Gasteiger partial charge in [-0.2, -0.15) is 5.10 Å². The third-order valence-electron chi connectivity index (χ3n) is 3.64. The van der Waals surface area contributed by atoms with Gasteiger partial charge < -0.3 is 10.0 Å². The molecule has 0 atom stereocenters. The summed E-state index contributed by atoms with van der Waals surface area (Å²) in [6, 6.07) is 15.8. The van der Waals surface area contributed by atoms with Gasteiger partial charge in [0.25, 0.3) is 5.91 Å². The highest BCUT2D eigenvalue weighted by atomic mass is 32.2. The second-order valence-corrected chi connectivity index (χ2v) is 6.68. The number of hydrogen-bond donors (Lipinski definition) is 2. The molecule has 0 radical (unpaired) electrons. The van der Waals surface area contributed by atoms with Gasteiger partial charge in [0.1, 0.15) is 0 Å². The lowest BCUT2D eigenvalue weighted by Gasteiger charge is -2.08. The first-order valence-electron chi connectivity index (χ1n) is 7.95. The van der Waals surface area contributed by atoms with Crippen molar-refractivity contribution >= 4 is 23.5 Å². The predicted octanol–water partition coefficient (Wildman–Crippen LogP) is 3.78. The van der Waals surface area contributed by atoms with Crippen LogP contribution in [-0.2, 0) is 13.6 Å². The molecule has 0 unspecified atom stereocenters. The van der Waals surface area contributed by atoms with Crippen molar-refractivity contribution in [2.45, 2.75) is 18.4 Å². The summed E-state index contributed by atoms with van der Waals surface area (Å²) < 4.78 is 4.99. The zero-order valence-corrected chi connectivity index (χ0v) is 15.0. The summed E-state index contributed by atoms with van der Waals surface area (Å²) >= 11 is 1.52. The number of rotatable bonds is 6. The molecule has 0 aliphatic rings. The molecule has 5 nitrogen and oxygen atoms in total. The zero-order chi connectivity index (χ0) is 17.6. The summed E-state index contributed by atoms with van der Waals surface area (Å²) in [7, 11) is 1.85. The van der Waals surface area contributed by atoms with Crippen molar-refractivity contribution in [3.63, 3.8) is 0 Å². The SMILES string of the molecule is Cc1ccc(SNc2cccc(C(=O)NCc3cnn(C)c3)c2)cc1. The number of benzene rings is 2. The number of hydrogen-bond acceptors (Lipinski definition) is 4. The maximum Gasteiger partial charge on any atom is 0.251 e. The smallest absolute Gasteiger partial charge is 0.251 e. The molecule has 3 rings (SSSR count). The number of nitrogens with one attached hydrogen (secondary N) is 2. The van der Waals surface area contributed by atoms with Gasteiger partial charge in [-0.15, -0.1) is 0 Å². The van der Waals surface area contributed by atoms with E-state index in [1.807, 2.05) is 31.4 Å². The first kappa shape index (κ1) is 17.1. The van der Waals surface area contributed by atoms with Gasteiger partial charge in [0.2, 0.25) is 0 Å². The van der Waals surface area contributed by atoms with Crippen LogP contribution >= 0.6 is 11.9 Å². The summed E-state index contributed by atoms with van der Waals surface area (Å²) in [5.41, 5.74) is 3.72. The number of carbonyl (C=O) groups excluding carboxylic acids is 1. The minimum atomic E-state index is -0.104. The van der Waals surface area contributed by atoms with E-state index in [4.69, 9.17) is 0 Å². The molecular formula is C19H20N4OS. The Morgan fingerprint density at radius 3 is 2.72 bits per heavy atom. The highest BCUT2D eigenvalue weighted by Gasteiger charge is 2.07. The average molecular weight is 352 g/mol. The molecule has 0 aliphatic carbocycles. The first-order chi connectivity index (χ1) is 12.1. The molecule has 0 bridgehead atoms. The minimum Gasteiger partial charge on any atom is -0.348 e. The summed E-state index contributed by atoms with van der Waals surface area (Å²) in [5.74, 6) is -0.104. The van der Waals surface area contributed by atoms with Crippen LogP contribution in [0.3, 0.4) is 0 Å². The fraction of sp³-hybridized carbons (Fsp3) is 0.158. The third kappa shape index (κ3) is 4.87. The van der Waals surface area contributed by atoms with Gasteiger partial charge in [-0.1, -0.05) is 23.8 Å². The monoisotopic (exact) mass is 352 g/mol. The molecule has 3 aromatic rings. The quantitative estimate of drug-likeness (QED) is 0.663. The lowest BCUT2D eigenvalue weighted by atomic mass is 10.2. The van der Waals surface area contributed by atoms with Crippen molar-refractivity contribution in [3.05, 3.63) is 77.6 Å². The van der Waals surface area contributed by atoms with Gasteiger partial charge in [-0.05, 0) is 49.2 Å². The van der Waals surface area contributed by atoms with E-state index in [0.29, 0.717) is 12.1 Å². The van der Waals surface area contributed by atoms with Gasteiger partial charge in [-0.3, -0.25) is 9.48 Å². The lowest BCUT2D eigenvalue weighted by Crippen LogP contribution is -2.22. The Labute approximate surface area is 151 Å². The van der Waals surface area contributed by atoms with Gasteiger partial charge in [0.05, 0.1) is 6.20 Å². The summed E-state index contributed by atoms with van der Waals surface area (Å²) in [5, 5.41) is 7.00. The zero-order valence-electron chi connectivity index (χ0n) is 14.2. The molecule has 0 saturated carbocycles. The molecule has 25 heavy (non-hydrogen) atoms. The van der Waals surface area contributed by atoms with Gasteiger partial charge >= 0.3 is 0 Å². The number of carbonyl (C=O) groups is 1. The summed E-state index contributed by atoms with van der Waals surface area (Å²) in [4.78, 5) is 13.4. The van der Waals surface area contributed by atoms with Crippen molar-refractivity contribution in [2.24, 2.45) is 7.05 Å². The molecule has 128 valence electrons. The Morgan fingerprint density at radius 1 is 1.20 bits per heavy atom. The number of aromatic nitrogens is 2. The van der Waals surface area contributed by atoms with Crippen LogP contribution in [0.5, 0.6) is 0 Å². The Morgan fingerprint density at radius 2 is 2.00 bits per heavy atom. The first-order valence-corrected chi connectivity index (χ1v) is 8.77. The van der Waals surface area contributed by atoms with Crippen LogP contribution in [0, 0.1) is 6.92 Å². The average Bonchev–Trinajstić information content (AvgIpc) is 3.05. The van der Waals surface area contributed by atoms with Crippen LogP contribution in [0.15, 0.2) is 65.8 Å². The van der Waals surface area contributed by atoms with E-state index < -0.39 is 0 Å². The molecule has 2 N–H and O–H groups in total. The number of aryl methyl sites for hydroxylation is 2. The number of nitrogens with zero attached hydrogens (tertiary/aromatic N) is 2.